The Balaban J connectivity index is 2.36. The van der Waals surface area contributed by atoms with Gasteiger partial charge in [0, 0.05) is 39.2 Å². The molecule has 1 aromatic rings. The number of ketones is 1. The van der Waals surface area contributed by atoms with Crippen molar-refractivity contribution in [2.24, 2.45) is 0 Å². The maximum absolute atomic E-state index is 12.8. The monoisotopic (exact) mass is 280 g/mol. The van der Waals surface area contributed by atoms with Crippen molar-refractivity contribution in [3.05, 3.63) is 23.8 Å². The molecule has 0 aliphatic carbocycles. The summed E-state index contributed by atoms with van der Waals surface area (Å²) in [5.74, 6) is 1.08. The fraction of sp³-hybridized carbons (Fsp3) is 0.533. The molecule has 5 heteroatoms. The number of carbonyl (C=O) groups is 1. The zero-order valence-corrected chi connectivity index (χ0v) is 12.1. The molecule has 0 aromatic heterocycles. The maximum Gasteiger partial charge on any atom is 0.198 e. The Morgan fingerprint density at radius 1 is 1.15 bits per heavy atom. The smallest absolute Gasteiger partial charge is 0.198 e. The van der Waals surface area contributed by atoms with E-state index in [1.807, 2.05) is 0 Å². The minimum absolute atomic E-state index is 0.0668. The SMILES string of the molecule is COc1ccc(C(=O)C2(OC)CCOCC2)c(OC)c1. The van der Waals surface area contributed by atoms with Gasteiger partial charge in [0.1, 0.15) is 17.1 Å². The Hall–Kier alpha value is -1.59. The summed E-state index contributed by atoms with van der Waals surface area (Å²) in [4.78, 5) is 12.8. The zero-order valence-electron chi connectivity index (χ0n) is 12.1. The zero-order chi connectivity index (χ0) is 14.6. The second kappa shape index (κ2) is 6.24. The van der Waals surface area contributed by atoms with E-state index in [0.29, 0.717) is 43.1 Å². The average Bonchev–Trinajstić information content (AvgIpc) is 2.54. The van der Waals surface area contributed by atoms with Gasteiger partial charge in [-0.3, -0.25) is 4.79 Å². The maximum atomic E-state index is 12.8. The first-order valence-electron chi connectivity index (χ1n) is 6.56. The molecule has 1 aliphatic rings. The third-order valence-corrected chi connectivity index (χ3v) is 3.76. The quantitative estimate of drug-likeness (QED) is 0.773. The minimum Gasteiger partial charge on any atom is -0.497 e. The van der Waals surface area contributed by atoms with Crippen molar-refractivity contribution in [2.75, 3.05) is 34.5 Å². The lowest BCUT2D eigenvalue weighted by atomic mass is 9.85. The number of carbonyl (C=O) groups excluding carboxylic acids is 1. The molecule has 1 fully saturated rings. The van der Waals surface area contributed by atoms with Crippen LogP contribution in [0.3, 0.4) is 0 Å². The molecule has 5 nitrogen and oxygen atoms in total. The molecule has 1 aromatic carbocycles. The van der Waals surface area contributed by atoms with Crippen molar-refractivity contribution < 1.29 is 23.7 Å². The highest BCUT2D eigenvalue weighted by atomic mass is 16.5. The van der Waals surface area contributed by atoms with E-state index < -0.39 is 5.60 Å². The summed E-state index contributed by atoms with van der Waals surface area (Å²) in [7, 11) is 4.68. The summed E-state index contributed by atoms with van der Waals surface area (Å²) < 4.78 is 21.3. The fourth-order valence-corrected chi connectivity index (χ4v) is 2.46. The van der Waals surface area contributed by atoms with Crippen molar-refractivity contribution in [3.8, 4) is 11.5 Å². The number of ether oxygens (including phenoxy) is 4. The molecular weight excluding hydrogens is 260 g/mol. The second-order valence-corrected chi connectivity index (χ2v) is 4.71. The first-order chi connectivity index (χ1) is 9.66. The molecule has 0 saturated carbocycles. The first-order valence-corrected chi connectivity index (χ1v) is 6.56. The lowest BCUT2D eigenvalue weighted by Crippen LogP contribution is -2.45. The predicted octanol–water partition coefficient (Wildman–Crippen LogP) is 2.08. The largest absolute Gasteiger partial charge is 0.497 e. The van der Waals surface area contributed by atoms with Crippen molar-refractivity contribution in [1.29, 1.82) is 0 Å². The van der Waals surface area contributed by atoms with Gasteiger partial charge in [-0.1, -0.05) is 0 Å². The third-order valence-electron chi connectivity index (χ3n) is 3.76. The molecule has 110 valence electrons. The van der Waals surface area contributed by atoms with Gasteiger partial charge in [-0.15, -0.1) is 0 Å². The van der Waals surface area contributed by atoms with Crippen molar-refractivity contribution in [3.63, 3.8) is 0 Å². The van der Waals surface area contributed by atoms with E-state index in [2.05, 4.69) is 0 Å². The van der Waals surface area contributed by atoms with E-state index in [4.69, 9.17) is 18.9 Å². The van der Waals surface area contributed by atoms with Crippen LogP contribution in [0.2, 0.25) is 0 Å². The summed E-state index contributed by atoms with van der Waals surface area (Å²) in [6, 6.07) is 5.17. The molecule has 0 spiro atoms. The summed E-state index contributed by atoms with van der Waals surface area (Å²) >= 11 is 0. The van der Waals surface area contributed by atoms with E-state index in [0.717, 1.165) is 0 Å². The molecule has 2 rings (SSSR count). The van der Waals surface area contributed by atoms with Crippen molar-refractivity contribution >= 4 is 5.78 Å². The highest BCUT2D eigenvalue weighted by Crippen LogP contribution is 2.33. The Bertz CT molecular complexity index is 477. The van der Waals surface area contributed by atoms with Crippen LogP contribution in [-0.4, -0.2) is 45.9 Å². The van der Waals surface area contributed by atoms with E-state index >= 15 is 0 Å². The summed E-state index contributed by atoms with van der Waals surface area (Å²) in [6.07, 6.45) is 1.11. The Labute approximate surface area is 118 Å². The lowest BCUT2D eigenvalue weighted by Gasteiger charge is -2.34. The Morgan fingerprint density at radius 3 is 2.40 bits per heavy atom. The van der Waals surface area contributed by atoms with Gasteiger partial charge in [-0.2, -0.15) is 0 Å². The fourth-order valence-electron chi connectivity index (χ4n) is 2.46. The molecule has 0 N–H and O–H groups in total. The van der Waals surface area contributed by atoms with Gasteiger partial charge >= 0.3 is 0 Å². The molecule has 0 unspecified atom stereocenters. The first kappa shape index (κ1) is 14.8. The standard InChI is InChI=1S/C15H20O5/c1-17-11-4-5-12(13(10-11)18-2)14(16)15(19-3)6-8-20-9-7-15/h4-5,10H,6-9H2,1-3H3. The Morgan fingerprint density at radius 2 is 1.85 bits per heavy atom. The van der Waals surface area contributed by atoms with E-state index in [-0.39, 0.29) is 5.78 Å². The minimum atomic E-state index is -0.819. The molecule has 1 saturated heterocycles. The highest BCUT2D eigenvalue weighted by Gasteiger charge is 2.41. The van der Waals surface area contributed by atoms with Crippen LogP contribution in [0, 0.1) is 0 Å². The van der Waals surface area contributed by atoms with Crippen LogP contribution >= 0.6 is 0 Å². The van der Waals surface area contributed by atoms with Gasteiger partial charge in [-0.05, 0) is 12.1 Å². The number of Topliss-reactive ketones (excluding diaryl/α,β-unsaturated/α-hetero) is 1. The molecule has 0 atom stereocenters. The third kappa shape index (κ3) is 2.64. The van der Waals surface area contributed by atoms with Gasteiger partial charge < -0.3 is 18.9 Å². The normalized spacial score (nSPS) is 17.6. The van der Waals surface area contributed by atoms with Gasteiger partial charge in [0.2, 0.25) is 0 Å². The van der Waals surface area contributed by atoms with Gasteiger partial charge in [0.25, 0.3) is 0 Å². The van der Waals surface area contributed by atoms with Crippen LogP contribution in [0.4, 0.5) is 0 Å². The summed E-state index contributed by atoms with van der Waals surface area (Å²) in [6.45, 7) is 1.05. The lowest BCUT2D eigenvalue weighted by molar-refractivity contribution is -0.0664. The molecule has 0 bridgehead atoms. The molecular formula is C15H20O5. The van der Waals surface area contributed by atoms with E-state index in [9.17, 15) is 4.79 Å². The van der Waals surface area contributed by atoms with Crippen LogP contribution in [-0.2, 0) is 9.47 Å². The molecule has 1 heterocycles. The predicted molar refractivity (Wildman–Crippen MR) is 73.7 cm³/mol. The van der Waals surface area contributed by atoms with Crippen LogP contribution < -0.4 is 9.47 Å². The summed E-state index contributed by atoms with van der Waals surface area (Å²) in [5.41, 5.74) is -0.308. The van der Waals surface area contributed by atoms with Crippen LogP contribution in [0.15, 0.2) is 18.2 Å². The topological polar surface area (TPSA) is 54.0 Å². The van der Waals surface area contributed by atoms with Crippen LogP contribution in [0.25, 0.3) is 0 Å². The van der Waals surface area contributed by atoms with E-state index in [1.54, 1.807) is 32.4 Å². The van der Waals surface area contributed by atoms with Gasteiger partial charge in [0.05, 0.1) is 19.8 Å². The van der Waals surface area contributed by atoms with Crippen molar-refractivity contribution in [1.82, 2.24) is 0 Å². The average molecular weight is 280 g/mol. The molecule has 1 aliphatic heterocycles. The second-order valence-electron chi connectivity index (χ2n) is 4.71. The summed E-state index contributed by atoms with van der Waals surface area (Å²) in [5, 5.41) is 0. The number of hydrogen-bond donors (Lipinski definition) is 0. The molecule has 0 radical (unpaired) electrons. The number of benzene rings is 1. The molecule has 20 heavy (non-hydrogen) atoms. The van der Waals surface area contributed by atoms with Crippen molar-refractivity contribution in [2.45, 2.75) is 18.4 Å². The highest BCUT2D eigenvalue weighted by molar-refractivity contribution is 6.04. The van der Waals surface area contributed by atoms with Crippen LogP contribution in [0.5, 0.6) is 11.5 Å². The number of hydrogen-bond acceptors (Lipinski definition) is 5. The van der Waals surface area contributed by atoms with Crippen LogP contribution in [0.1, 0.15) is 23.2 Å². The number of methoxy groups -OCH3 is 3. The molecule has 0 amide bonds. The van der Waals surface area contributed by atoms with Gasteiger partial charge in [0.15, 0.2) is 5.78 Å². The Kier molecular flexibility index (Phi) is 4.62. The number of rotatable bonds is 5. The van der Waals surface area contributed by atoms with E-state index in [1.165, 1.54) is 7.11 Å². The van der Waals surface area contributed by atoms with Gasteiger partial charge in [-0.25, -0.2) is 0 Å².